The average molecular weight is 528 g/mol. The van der Waals surface area contributed by atoms with E-state index in [1.807, 2.05) is 16.7 Å². The number of ether oxygens (including phenoxy) is 1. The SMILES string of the molecule is COc1cccc(NC(=O)NCc2nnc(SCc3ccccc3C)n2-c2cc(Cl)ccc2Cl)c1. The van der Waals surface area contributed by atoms with E-state index in [0.717, 1.165) is 0 Å². The molecule has 10 heteroatoms. The van der Waals surface area contributed by atoms with E-state index in [2.05, 4.69) is 39.9 Å². The first-order valence-electron chi connectivity index (χ1n) is 10.7. The predicted octanol–water partition coefficient (Wildman–Crippen LogP) is 6.51. The van der Waals surface area contributed by atoms with Crippen molar-refractivity contribution in [2.75, 3.05) is 12.4 Å². The van der Waals surface area contributed by atoms with Crippen molar-refractivity contribution in [3.05, 3.63) is 93.7 Å². The van der Waals surface area contributed by atoms with E-state index in [-0.39, 0.29) is 12.6 Å². The van der Waals surface area contributed by atoms with Gasteiger partial charge >= 0.3 is 6.03 Å². The number of urea groups is 1. The van der Waals surface area contributed by atoms with E-state index in [4.69, 9.17) is 27.9 Å². The number of nitrogens with zero attached hydrogens (tertiary/aromatic N) is 3. The minimum Gasteiger partial charge on any atom is -0.497 e. The highest BCUT2D eigenvalue weighted by Gasteiger charge is 2.18. The van der Waals surface area contributed by atoms with Crippen LogP contribution in [0, 0.1) is 6.92 Å². The molecule has 0 spiro atoms. The van der Waals surface area contributed by atoms with Gasteiger partial charge in [-0.2, -0.15) is 0 Å². The second-order valence-electron chi connectivity index (χ2n) is 7.58. The fraction of sp³-hybridized carbons (Fsp3) is 0.160. The molecule has 35 heavy (non-hydrogen) atoms. The molecule has 0 bridgehead atoms. The van der Waals surface area contributed by atoms with Gasteiger partial charge in [-0.3, -0.25) is 4.57 Å². The molecule has 3 aromatic carbocycles. The number of methoxy groups -OCH3 is 1. The van der Waals surface area contributed by atoms with Gasteiger partial charge in [0.1, 0.15) is 5.75 Å². The lowest BCUT2D eigenvalue weighted by molar-refractivity contribution is 0.251. The number of aromatic nitrogens is 3. The summed E-state index contributed by atoms with van der Waals surface area (Å²) in [7, 11) is 1.57. The molecular formula is C25H23Cl2N5O2S. The summed E-state index contributed by atoms with van der Waals surface area (Å²) >= 11 is 14.3. The molecule has 4 rings (SSSR count). The number of amides is 2. The summed E-state index contributed by atoms with van der Waals surface area (Å²) in [6.07, 6.45) is 0. The summed E-state index contributed by atoms with van der Waals surface area (Å²) < 4.78 is 7.02. The largest absolute Gasteiger partial charge is 0.497 e. The first kappa shape index (κ1) is 24.9. The minimum absolute atomic E-state index is 0.122. The average Bonchev–Trinajstić information content (AvgIpc) is 3.26. The van der Waals surface area contributed by atoms with E-state index in [9.17, 15) is 4.79 Å². The Kier molecular flexibility index (Phi) is 8.17. The molecule has 0 unspecified atom stereocenters. The highest BCUT2D eigenvalue weighted by molar-refractivity contribution is 7.98. The van der Waals surface area contributed by atoms with Crippen molar-refractivity contribution >= 4 is 46.7 Å². The summed E-state index contributed by atoms with van der Waals surface area (Å²) in [4.78, 5) is 12.5. The molecule has 0 fully saturated rings. The number of benzene rings is 3. The number of thioether (sulfide) groups is 1. The molecule has 1 heterocycles. The maximum absolute atomic E-state index is 12.5. The highest BCUT2D eigenvalue weighted by Crippen LogP contribution is 2.31. The number of carbonyl (C=O) groups excluding carboxylic acids is 1. The summed E-state index contributed by atoms with van der Waals surface area (Å²) in [5, 5.41) is 16.0. The minimum atomic E-state index is -0.390. The fourth-order valence-electron chi connectivity index (χ4n) is 3.36. The maximum Gasteiger partial charge on any atom is 0.319 e. The summed E-state index contributed by atoms with van der Waals surface area (Å²) in [5.41, 5.74) is 3.64. The van der Waals surface area contributed by atoms with Crippen LogP contribution in [-0.4, -0.2) is 27.9 Å². The molecule has 4 aromatic rings. The van der Waals surface area contributed by atoms with Gasteiger partial charge in [0.25, 0.3) is 0 Å². The Balaban J connectivity index is 1.56. The van der Waals surface area contributed by atoms with Crippen LogP contribution in [0.3, 0.4) is 0 Å². The Morgan fingerprint density at radius 2 is 1.89 bits per heavy atom. The topological polar surface area (TPSA) is 81.1 Å². The Labute approximate surface area is 217 Å². The van der Waals surface area contributed by atoms with Crippen molar-refractivity contribution in [2.24, 2.45) is 0 Å². The number of hydrogen-bond acceptors (Lipinski definition) is 5. The van der Waals surface area contributed by atoms with Crippen LogP contribution in [0.25, 0.3) is 5.69 Å². The van der Waals surface area contributed by atoms with Gasteiger partial charge in [-0.1, -0.05) is 65.3 Å². The van der Waals surface area contributed by atoms with Crippen molar-refractivity contribution in [1.29, 1.82) is 0 Å². The van der Waals surface area contributed by atoms with Crippen LogP contribution < -0.4 is 15.4 Å². The monoisotopic (exact) mass is 527 g/mol. The second-order valence-corrected chi connectivity index (χ2v) is 9.37. The van der Waals surface area contributed by atoms with Crippen LogP contribution in [0.2, 0.25) is 10.0 Å². The van der Waals surface area contributed by atoms with Crippen LogP contribution in [0.15, 0.2) is 71.9 Å². The lowest BCUT2D eigenvalue weighted by Crippen LogP contribution is -2.29. The van der Waals surface area contributed by atoms with Crippen LogP contribution in [0.4, 0.5) is 10.5 Å². The third kappa shape index (κ3) is 6.28. The first-order chi connectivity index (χ1) is 16.9. The van der Waals surface area contributed by atoms with Gasteiger partial charge in [-0.05, 0) is 48.4 Å². The molecule has 0 atom stereocenters. The number of aryl methyl sites for hydroxylation is 1. The molecule has 2 N–H and O–H groups in total. The predicted molar refractivity (Wildman–Crippen MR) is 141 cm³/mol. The number of rotatable bonds is 8. The third-order valence-corrected chi connectivity index (χ3v) is 6.73. The molecular weight excluding hydrogens is 505 g/mol. The van der Waals surface area contributed by atoms with Gasteiger partial charge in [0.15, 0.2) is 11.0 Å². The number of nitrogens with one attached hydrogen (secondary N) is 2. The molecule has 0 radical (unpaired) electrons. The van der Waals surface area contributed by atoms with Gasteiger partial charge in [0.2, 0.25) is 0 Å². The molecule has 180 valence electrons. The lowest BCUT2D eigenvalue weighted by Gasteiger charge is -2.14. The second kappa shape index (κ2) is 11.5. The van der Waals surface area contributed by atoms with Crippen LogP contribution in [0.1, 0.15) is 17.0 Å². The number of carbonyl (C=O) groups is 1. The standard InChI is InChI=1S/C25H23Cl2N5O2S/c1-16-6-3-4-7-17(16)15-35-25-31-30-23(32(25)22-12-18(26)10-11-21(22)27)14-28-24(33)29-19-8-5-9-20(13-19)34-2/h3-13H,14-15H2,1-2H3,(H2,28,29,33). The molecule has 0 aliphatic carbocycles. The Morgan fingerprint density at radius 3 is 2.69 bits per heavy atom. The fourth-order valence-corrected chi connectivity index (χ4v) is 4.77. The molecule has 2 amide bonds. The highest BCUT2D eigenvalue weighted by atomic mass is 35.5. The van der Waals surface area contributed by atoms with Crippen molar-refractivity contribution in [1.82, 2.24) is 20.1 Å². The molecule has 1 aromatic heterocycles. The van der Waals surface area contributed by atoms with Crippen LogP contribution >= 0.6 is 35.0 Å². The van der Waals surface area contributed by atoms with Crippen molar-refractivity contribution in [3.63, 3.8) is 0 Å². The Bertz CT molecular complexity index is 1350. The Hall–Kier alpha value is -3.20. The van der Waals surface area contributed by atoms with E-state index in [1.54, 1.807) is 49.6 Å². The van der Waals surface area contributed by atoms with E-state index < -0.39 is 0 Å². The molecule has 0 aliphatic rings. The molecule has 0 saturated carbocycles. The van der Waals surface area contributed by atoms with Gasteiger partial charge in [-0.25, -0.2) is 4.79 Å². The first-order valence-corrected chi connectivity index (χ1v) is 12.4. The zero-order valence-corrected chi connectivity index (χ0v) is 21.4. The molecule has 0 aliphatic heterocycles. The van der Waals surface area contributed by atoms with Gasteiger partial charge in [0, 0.05) is 22.5 Å². The number of hydrogen-bond donors (Lipinski definition) is 2. The van der Waals surface area contributed by atoms with Crippen LogP contribution in [0.5, 0.6) is 5.75 Å². The molecule has 0 saturated heterocycles. The van der Waals surface area contributed by atoms with E-state index >= 15 is 0 Å². The normalized spacial score (nSPS) is 10.7. The van der Waals surface area contributed by atoms with E-state index in [0.29, 0.717) is 43.9 Å². The smallest absolute Gasteiger partial charge is 0.319 e. The summed E-state index contributed by atoms with van der Waals surface area (Å²) in [6, 6.07) is 20.1. The maximum atomic E-state index is 12.5. The number of anilines is 1. The van der Waals surface area contributed by atoms with E-state index in [1.165, 1.54) is 22.9 Å². The third-order valence-electron chi connectivity index (χ3n) is 5.20. The summed E-state index contributed by atoms with van der Waals surface area (Å²) in [6.45, 7) is 2.20. The molecule has 7 nitrogen and oxygen atoms in total. The van der Waals surface area contributed by atoms with Gasteiger partial charge in [-0.15, -0.1) is 10.2 Å². The number of halogens is 2. The Morgan fingerprint density at radius 1 is 1.06 bits per heavy atom. The van der Waals surface area contributed by atoms with Gasteiger partial charge in [0.05, 0.1) is 24.4 Å². The quantitative estimate of drug-likeness (QED) is 0.255. The summed E-state index contributed by atoms with van der Waals surface area (Å²) in [5.74, 6) is 1.86. The van der Waals surface area contributed by atoms with Crippen molar-refractivity contribution in [3.8, 4) is 11.4 Å². The zero-order valence-electron chi connectivity index (χ0n) is 19.1. The van der Waals surface area contributed by atoms with Crippen molar-refractivity contribution in [2.45, 2.75) is 24.4 Å². The lowest BCUT2D eigenvalue weighted by atomic mass is 10.1. The van der Waals surface area contributed by atoms with Crippen LogP contribution in [-0.2, 0) is 12.3 Å². The van der Waals surface area contributed by atoms with Crippen molar-refractivity contribution < 1.29 is 9.53 Å². The zero-order chi connectivity index (χ0) is 24.8. The van der Waals surface area contributed by atoms with Gasteiger partial charge < -0.3 is 15.4 Å².